The van der Waals surface area contributed by atoms with E-state index in [4.69, 9.17) is 4.74 Å². The lowest BCUT2D eigenvalue weighted by molar-refractivity contribution is -0.131. The predicted molar refractivity (Wildman–Crippen MR) is 67.7 cm³/mol. The van der Waals surface area contributed by atoms with E-state index in [0.717, 1.165) is 0 Å². The summed E-state index contributed by atoms with van der Waals surface area (Å²) in [4.78, 5) is 27.0. The van der Waals surface area contributed by atoms with Crippen molar-refractivity contribution in [3.05, 3.63) is 12.7 Å². The fourth-order valence-electron chi connectivity index (χ4n) is 2.78. The Morgan fingerprint density at radius 2 is 2.15 bits per heavy atom. The van der Waals surface area contributed by atoms with Gasteiger partial charge in [-0.3, -0.25) is 4.79 Å². The van der Waals surface area contributed by atoms with Gasteiger partial charge in [-0.2, -0.15) is 0 Å². The molecule has 1 aromatic heterocycles. The summed E-state index contributed by atoms with van der Waals surface area (Å²) >= 11 is 0. The Labute approximate surface area is 116 Å². The first kappa shape index (κ1) is 12.9. The molecule has 0 saturated carbocycles. The van der Waals surface area contributed by atoms with Gasteiger partial charge in [0, 0.05) is 33.0 Å². The van der Waals surface area contributed by atoms with E-state index in [1.165, 1.54) is 0 Å². The summed E-state index contributed by atoms with van der Waals surface area (Å²) in [6.07, 6.45) is 3.99. The molecule has 20 heavy (non-hydrogen) atoms. The van der Waals surface area contributed by atoms with Crippen LogP contribution < -0.4 is 0 Å². The molecule has 0 unspecified atom stereocenters. The zero-order valence-corrected chi connectivity index (χ0v) is 11.4. The van der Waals surface area contributed by atoms with Crippen LogP contribution in [0.5, 0.6) is 0 Å². The van der Waals surface area contributed by atoms with E-state index in [9.17, 15) is 9.59 Å². The number of carbonyl (C=O) groups is 2. The van der Waals surface area contributed by atoms with E-state index in [2.05, 4.69) is 10.2 Å². The smallest absolute Gasteiger partial charge is 0.410 e. The molecule has 2 aliphatic heterocycles. The van der Waals surface area contributed by atoms with Crippen LogP contribution in [0.25, 0.3) is 0 Å². The Balaban J connectivity index is 1.54. The summed E-state index contributed by atoms with van der Waals surface area (Å²) in [5.74, 6) is 0.0705. The number of rotatable bonds is 3. The minimum absolute atomic E-state index is 0.0705. The molecule has 3 heterocycles. The molecular formula is C12H17N5O3. The van der Waals surface area contributed by atoms with Crippen molar-refractivity contribution in [2.45, 2.75) is 25.0 Å². The topological polar surface area (TPSA) is 80.6 Å². The van der Waals surface area contributed by atoms with E-state index in [1.807, 2.05) is 0 Å². The monoisotopic (exact) mass is 279 g/mol. The number of nitrogens with zero attached hydrogens (tertiary/aromatic N) is 5. The highest BCUT2D eigenvalue weighted by atomic mass is 16.6. The first-order valence-corrected chi connectivity index (χ1v) is 6.62. The molecule has 0 N–H and O–H groups in total. The molecule has 0 aliphatic carbocycles. The Morgan fingerprint density at radius 1 is 1.40 bits per heavy atom. The number of likely N-dealkylation sites (tertiary alicyclic amines) is 1. The average molecular weight is 279 g/mol. The lowest BCUT2D eigenvalue weighted by atomic mass is 10.0. The van der Waals surface area contributed by atoms with Gasteiger partial charge in [-0.1, -0.05) is 0 Å². The molecule has 1 atom stereocenters. The quantitative estimate of drug-likeness (QED) is 0.760. The first-order valence-electron chi connectivity index (χ1n) is 6.62. The number of carbonyl (C=O) groups excluding carboxylic acids is 2. The molecule has 0 aromatic carbocycles. The lowest BCUT2D eigenvalue weighted by Gasteiger charge is -2.21. The zero-order chi connectivity index (χ0) is 14.2. The van der Waals surface area contributed by atoms with Crippen molar-refractivity contribution in [1.82, 2.24) is 24.6 Å². The molecule has 1 aromatic rings. The van der Waals surface area contributed by atoms with Crippen LogP contribution in [0.1, 0.15) is 12.8 Å². The maximum absolute atomic E-state index is 12.2. The molecule has 0 radical (unpaired) electrons. The fourth-order valence-corrected chi connectivity index (χ4v) is 2.78. The SMILES string of the molecule is CN1C[C@]2(CCN(C(=O)CCn3cnnc3)C2)OC1=O. The van der Waals surface area contributed by atoms with Gasteiger partial charge < -0.3 is 19.1 Å². The van der Waals surface area contributed by atoms with E-state index in [-0.39, 0.29) is 12.0 Å². The van der Waals surface area contributed by atoms with Gasteiger partial charge in [0.2, 0.25) is 5.91 Å². The highest BCUT2D eigenvalue weighted by Gasteiger charge is 2.49. The second-order valence-electron chi connectivity index (χ2n) is 5.42. The molecule has 108 valence electrons. The van der Waals surface area contributed by atoms with Gasteiger partial charge >= 0.3 is 6.09 Å². The number of hydrogen-bond donors (Lipinski definition) is 0. The van der Waals surface area contributed by atoms with Gasteiger partial charge in [-0.15, -0.1) is 10.2 Å². The largest absolute Gasteiger partial charge is 0.439 e. The van der Waals surface area contributed by atoms with Crippen LogP contribution in [0.4, 0.5) is 4.79 Å². The van der Waals surface area contributed by atoms with Crippen molar-refractivity contribution < 1.29 is 14.3 Å². The normalized spacial score (nSPS) is 25.6. The van der Waals surface area contributed by atoms with Crippen molar-refractivity contribution in [1.29, 1.82) is 0 Å². The molecule has 8 heteroatoms. The summed E-state index contributed by atoms with van der Waals surface area (Å²) in [6.45, 7) is 2.25. The summed E-state index contributed by atoms with van der Waals surface area (Å²) < 4.78 is 7.19. The first-order chi connectivity index (χ1) is 9.58. The number of amides is 2. The number of aromatic nitrogens is 3. The standard InChI is InChI=1S/C12H17N5O3/c1-15-6-12(20-11(15)19)3-5-17(7-12)10(18)2-4-16-8-13-14-9-16/h8-9H,2-7H2,1H3/t12-/m0/s1. The minimum atomic E-state index is -0.502. The van der Waals surface area contributed by atoms with E-state index in [0.29, 0.717) is 39.0 Å². The van der Waals surface area contributed by atoms with Crippen LogP contribution in [0.2, 0.25) is 0 Å². The van der Waals surface area contributed by atoms with Crippen molar-refractivity contribution in [2.24, 2.45) is 0 Å². The van der Waals surface area contributed by atoms with Crippen LogP contribution >= 0.6 is 0 Å². The fraction of sp³-hybridized carbons (Fsp3) is 0.667. The van der Waals surface area contributed by atoms with Crippen LogP contribution in [0.3, 0.4) is 0 Å². The Kier molecular flexibility index (Phi) is 3.07. The molecule has 2 fully saturated rings. The van der Waals surface area contributed by atoms with E-state index < -0.39 is 5.60 Å². The Hall–Kier alpha value is -2.12. The second kappa shape index (κ2) is 4.77. The highest BCUT2D eigenvalue weighted by Crippen LogP contribution is 2.31. The lowest BCUT2D eigenvalue weighted by Crippen LogP contribution is -2.39. The van der Waals surface area contributed by atoms with E-state index in [1.54, 1.807) is 34.1 Å². The Morgan fingerprint density at radius 3 is 2.80 bits per heavy atom. The maximum atomic E-state index is 12.2. The predicted octanol–water partition coefficient (Wildman–Crippen LogP) is -0.279. The van der Waals surface area contributed by atoms with Gasteiger partial charge in [-0.05, 0) is 0 Å². The number of likely N-dealkylation sites (N-methyl/N-ethyl adjacent to an activating group) is 1. The summed E-state index contributed by atoms with van der Waals surface area (Å²) in [6, 6.07) is 0. The third-order valence-corrected chi connectivity index (χ3v) is 3.86. The molecule has 0 bridgehead atoms. The van der Waals surface area contributed by atoms with Gasteiger partial charge in [-0.25, -0.2) is 4.79 Å². The third-order valence-electron chi connectivity index (χ3n) is 3.86. The summed E-state index contributed by atoms with van der Waals surface area (Å²) in [5, 5.41) is 7.39. The van der Waals surface area contributed by atoms with Crippen molar-refractivity contribution in [2.75, 3.05) is 26.7 Å². The van der Waals surface area contributed by atoms with Crippen molar-refractivity contribution in [3.8, 4) is 0 Å². The number of aryl methyl sites for hydroxylation is 1. The highest BCUT2D eigenvalue weighted by molar-refractivity contribution is 5.77. The van der Waals surface area contributed by atoms with Crippen molar-refractivity contribution in [3.63, 3.8) is 0 Å². The maximum Gasteiger partial charge on any atom is 0.410 e. The molecule has 2 amide bonds. The van der Waals surface area contributed by atoms with Crippen LogP contribution in [-0.4, -0.2) is 68.8 Å². The van der Waals surface area contributed by atoms with Crippen LogP contribution in [-0.2, 0) is 16.1 Å². The van der Waals surface area contributed by atoms with Gasteiger partial charge in [0.15, 0.2) is 5.60 Å². The Bertz CT molecular complexity index is 517. The molecule has 1 spiro atoms. The van der Waals surface area contributed by atoms with Crippen molar-refractivity contribution >= 4 is 12.0 Å². The average Bonchev–Trinajstić information content (AvgIpc) is 3.10. The number of ether oxygens (including phenoxy) is 1. The van der Waals surface area contributed by atoms with Crippen LogP contribution in [0, 0.1) is 0 Å². The molecule has 2 aliphatic rings. The number of hydrogen-bond acceptors (Lipinski definition) is 5. The van der Waals surface area contributed by atoms with E-state index >= 15 is 0 Å². The molecule has 2 saturated heterocycles. The zero-order valence-electron chi connectivity index (χ0n) is 11.4. The minimum Gasteiger partial charge on any atom is -0.439 e. The molecule has 8 nitrogen and oxygen atoms in total. The summed E-state index contributed by atoms with van der Waals surface area (Å²) in [7, 11) is 1.72. The third kappa shape index (κ3) is 2.33. The second-order valence-corrected chi connectivity index (χ2v) is 5.42. The van der Waals surface area contributed by atoms with Crippen LogP contribution in [0.15, 0.2) is 12.7 Å². The molecular weight excluding hydrogens is 262 g/mol. The summed E-state index contributed by atoms with van der Waals surface area (Å²) in [5.41, 5.74) is -0.502. The van der Waals surface area contributed by atoms with Gasteiger partial charge in [0.05, 0.1) is 13.1 Å². The van der Waals surface area contributed by atoms with Gasteiger partial charge in [0.1, 0.15) is 12.7 Å². The molecule has 3 rings (SSSR count). The van der Waals surface area contributed by atoms with Gasteiger partial charge in [0.25, 0.3) is 0 Å².